The number of pyridine rings is 1. The van der Waals surface area contributed by atoms with Crippen LogP contribution in [0.25, 0.3) is 0 Å². The standard InChI is InChI=1S/C8H8FIN2O/c9-6-1-2-7(12-5-6)8(13)11-4-3-10/h1-2,5H,3-4H2,(H,11,13). The first-order chi connectivity index (χ1) is 6.24. The second-order valence-corrected chi connectivity index (χ2v) is 3.39. The van der Waals surface area contributed by atoms with E-state index in [0.717, 1.165) is 10.6 Å². The van der Waals surface area contributed by atoms with Gasteiger partial charge in [-0.15, -0.1) is 0 Å². The number of carbonyl (C=O) groups excluding carboxylic acids is 1. The lowest BCUT2D eigenvalue weighted by Crippen LogP contribution is -2.25. The highest BCUT2D eigenvalue weighted by atomic mass is 127. The first-order valence-corrected chi connectivity index (χ1v) is 5.22. The van der Waals surface area contributed by atoms with Gasteiger partial charge in [-0.05, 0) is 12.1 Å². The van der Waals surface area contributed by atoms with E-state index in [1.54, 1.807) is 0 Å². The zero-order valence-electron chi connectivity index (χ0n) is 6.76. The van der Waals surface area contributed by atoms with Gasteiger partial charge in [0, 0.05) is 11.0 Å². The van der Waals surface area contributed by atoms with Crippen molar-refractivity contribution in [1.29, 1.82) is 0 Å². The Kier molecular flexibility index (Phi) is 4.07. The molecule has 0 atom stereocenters. The maximum absolute atomic E-state index is 12.4. The maximum Gasteiger partial charge on any atom is 0.269 e. The van der Waals surface area contributed by atoms with E-state index in [9.17, 15) is 9.18 Å². The number of rotatable bonds is 3. The molecular weight excluding hydrogens is 286 g/mol. The zero-order chi connectivity index (χ0) is 9.68. The molecule has 5 heteroatoms. The van der Waals surface area contributed by atoms with Gasteiger partial charge in [-0.2, -0.15) is 0 Å². The van der Waals surface area contributed by atoms with Gasteiger partial charge < -0.3 is 5.32 Å². The maximum atomic E-state index is 12.4. The second kappa shape index (κ2) is 5.11. The van der Waals surface area contributed by atoms with Crippen LogP contribution in [0.5, 0.6) is 0 Å². The topological polar surface area (TPSA) is 42.0 Å². The molecule has 1 N–H and O–H groups in total. The lowest BCUT2D eigenvalue weighted by atomic mass is 10.3. The van der Waals surface area contributed by atoms with E-state index in [1.807, 2.05) is 0 Å². The average Bonchev–Trinajstić information content (AvgIpc) is 2.15. The number of aromatic nitrogens is 1. The van der Waals surface area contributed by atoms with Crippen molar-refractivity contribution in [3.05, 3.63) is 29.8 Å². The van der Waals surface area contributed by atoms with Crippen LogP contribution in [0.4, 0.5) is 4.39 Å². The highest BCUT2D eigenvalue weighted by Gasteiger charge is 2.04. The third kappa shape index (κ3) is 3.25. The summed E-state index contributed by atoms with van der Waals surface area (Å²) in [6.45, 7) is 0.596. The quantitative estimate of drug-likeness (QED) is 0.676. The minimum atomic E-state index is -0.439. The number of nitrogens with zero attached hydrogens (tertiary/aromatic N) is 1. The average molecular weight is 294 g/mol. The van der Waals surface area contributed by atoms with Crippen LogP contribution in [0.1, 0.15) is 10.5 Å². The number of hydrogen-bond donors (Lipinski definition) is 1. The molecule has 0 aromatic carbocycles. The molecule has 0 saturated heterocycles. The van der Waals surface area contributed by atoms with Crippen LogP contribution >= 0.6 is 22.6 Å². The van der Waals surface area contributed by atoms with Crippen LogP contribution in [0.15, 0.2) is 18.3 Å². The number of hydrogen-bond acceptors (Lipinski definition) is 2. The highest BCUT2D eigenvalue weighted by molar-refractivity contribution is 14.1. The fourth-order valence-corrected chi connectivity index (χ4v) is 1.03. The van der Waals surface area contributed by atoms with Gasteiger partial charge >= 0.3 is 0 Å². The van der Waals surface area contributed by atoms with Gasteiger partial charge in [0.2, 0.25) is 0 Å². The van der Waals surface area contributed by atoms with Crippen LogP contribution < -0.4 is 5.32 Å². The fraction of sp³-hybridized carbons (Fsp3) is 0.250. The van der Waals surface area contributed by atoms with Gasteiger partial charge in [0.25, 0.3) is 5.91 Å². The molecular formula is C8H8FIN2O. The number of halogens is 2. The normalized spacial score (nSPS) is 9.69. The molecule has 0 unspecified atom stereocenters. The molecule has 1 rings (SSSR count). The molecule has 0 aliphatic heterocycles. The number of alkyl halides is 1. The molecule has 3 nitrogen and oxygen atoms in total. The molecule has 1 amide bonds. The van der Waals surface area contributed by atoms with Gasteiger partial charge in [0.05, 0.1) is 6.20 Å². The Morgan fingerprint density at radius 1 is 1.62 bits per heavy atom. The largest absolute Gasteiger partial charge is 0.350 e. The van der Waals surface area contributed by atoms with Crippen molar-refractivity contribution >= 4 is 28.5 Å². The number of nitrogens with one attached hydrogen (secondary N) is 1. The van der Waals surface area contributed by atoms with Crippen LogP contribution in [0.2, 0.25) is 0 Å². The molecule has 0 fully saturated rings. The molecule has 0 aliphatic carbocycles. The molecule has 0 radical (unpaired) electrons. The van der Waals surface area contributed by atoms with Gasteiger partial charge in [-0.1, -0.05) is 22.6 Å². The summed E-state index contributed by atoms with van der Waals surface area (Å²) in [5, 5.41) is 2.64. The van der Waals surface area contributed by atoms with Gasteiger partial charge in [-0.25, -0.2) is 9.37 Å². The summed E-state index contributed by atoms with van der Waals surface area (Å²) in [4.78, 5) is 14.9. The Morgan fingerprint density at radius 2 is 2.38 bits per heavy atom. The van der Waals surface area contributed by atoms with Gasteiger partial charge in [-0.3, -0.25) is 4.79 Å². The molecule has 0 saturated carbocycles. The molecule has 70 valence electrons. The van der Waals surface area contributed by atoms with Crippen molar-refractivity contribution in [3.8, 4) is 0 Å². The van der Waals surface area contributed by atoms with Crippen LogP contribution in [-0.2, 0) is 0 Å². The predicted octanol–water partition coefficient (Wildman–Crippen LogP) is 1.39. The van der Waals surface area contributed by atoms with Crippen LogP contribution in [0.3, 0.4) is 0 Å². The van der Waals surface area contributed by atoms with E-state index in [-0.39, 0.29) is 11.6 Å². The van der Waals surface area contributed by atoms with Gasteiger partial charge in [0.15, 0.2) is 0 Å². The van der Waals surface area contributed by atoms with E-state index in [0.29, 0.717) is 6.54 Å². The van der Waals surface area contributed by atoms with E-state index in [4.69, 9.17) is 0 Å². The molecule has 0 aliphatic rings. The van der Waals surface area contributed by atoms with Crippen molar-refractivity contribution in [2.75, 3.05) is 11.0 Å². The predicted molar refractivity (Wildman–Crippen MR) is 55.4 cm³/mol. The van der Waals surface area contributed by atoms with E-state index < -0.39 is 5.82 Å². The van der Waals surface area contributed by atoms with Crippen LogP contribution in [-0.4, -0.2) is 21.9 Å². The van der Waals surface area contributed by atoms with E-state index in [1.165, 1.54) is 12.1 Å². The van der Waals surface area contributed by atoms with Crippen molar-refractivity contribution in [2.24, 2.45) is 0 Å². The molecule has 1 aromatic rings. The third-order valence-corrected chi connectivity index (χ3v) is 1.88. The smallest absolute Gasteiger partial charge is 0.269 e. The summed E-state index contributed by atoms with van der Waals surface area (Å²) in [6, 6.07) is 2.57. The minimum absolute atomic E-state index is 0.242. The lowest BCUT2D eigenvalue weighted by Gasteiger charge is -2.00. The Hall–Kier alpha value is -0.720. The SMILES string of the molecule is O=C(NCCI)c1ccc(F)cn1. The Labute approximate surface area is 88.9 Å². The highest BCUT2D eigenvalue weighted by Crippen LogP contribution is 1.97. The fourth-order valence-electron chi connectivity index (χ4n) is 0.761. The second-order valence-electron chi connectivity index (χ2n) is 2.31. The van der Waals surface area contributed by atoms with E-state index in [2.05, 4.69) is 32.9 Å². The number of carbonyl (C=O) groups is 1. The zero-order valence-corrected chi connectivity index (χ0v) is 8.92. The summed E-state index contributed by atoms with van der Waals surface area (Å²) >= 11 is 2.15. The Morgan fingerprint density at radius 3 is 2.92 bits per heavy atom. The number of amides is 1. The summed E-state index contributed by atoms with van der Waals surface area (Å²) in [5.74, 6) is -0.706. The van der Waals surface area contributed by atoms with Crippen LogP contribution in [0, 0.1) is 5.82 Å². The molecule has 13 heavy (non-hydrogen) atoms. The lowest BCUT2D eigenvalue weighted by molar-refractivity contribution is 0.0951. The Balaban J connectivity index is 2.61. The first kappa shape index (κ1) is 10.4. The molecule has 1 aromatic heterocycles. The Bertz CT molecular complexity index is 289. The van der Waals surface area contributed by atoms with Crippen molar-refractivity contribution in [1.82, 2.24) is 10.3 Å². The molecule has 0 bridgehead atoms. The minimum Gasteiger partial charge on any atom is -0.350 e. The summed E-state index contributed by atoms with van der Waals surface area (Å²) in [6.07, 6.45) is 1.03. The first-order valence-electron chi connectivity index (χ1n) is 3.70. The summed E-state index contributed by atoms with van der Waals surface area (Å²) in [5.41, 5.74) is 0.242. The summed E-state index contributed by atoms with van der Waals surface area (Å²) < 4.78 is 13.2. The third-order valence-electron chi connectivity index (χ3n) is 1.34. The van der Waals surface area contributed by atoms with Gasteiger partial charge in [0.1, 0.15) is 11.5 Å². The van der Waals surface area contributed by atoms with Crippen molar-refractivity contribution in [3.63, 3.8) is 0 Å². The van der Waals surface area contributed by atoms with Crippen molar-refractivity contribution in [2.45, 2.75) is 0 Å². The molecule has 1 heterocycles. The molecule has 0 spiro atoms. The van der Waals surface area contributed by atoms with E-state index >= 15 is 0 Å². The monoisotopic (exact) mass is 294 g/mol. The van der Waals surface area contributed by atoms with Crippen molar-refractivity contribution < 1.29 is 9.18 Å². The summed E-state index contributed by atoms with van der Waals surface area (Å²) in [7, 11) is 0.